The molecular formula is C4H11O5PS. The normalized spacial score (nSPS) is 13.9. The topological polar surface area (TPSA) is 91.7 Å². The van der Waals surface area contributed by atoms with Gasteiger partial charge in [0.1, 0.15) is 0 Å². The van der Waals surface area contributed by atoms with Crippen molar-refractivity contribution in [3.05, 3.63) is 0 Å². The van der Waals surface area contributed by atoms with E-state index in [9.17, 15) is 13.0 Å². The summed E-state index contributed by atoms with van der Waals surface area (Å²) in [5.74, 6) is 0. The summed E-state index contributed by atoms with van der Waals surface area (Å²) in [6.45, 7) is 2.76. The summed E-state index contributed by atoms with van der Waals surface area (Å²) in [5, 5.41) is -0.741. The Hall–Kier alpha value is 0.1000. The van der Waals surface area contributed by atoms with E-state index in [-0.39, 0.29) is 0 Å². The van der Waals surface area contributed by atoms with Gasteiger partial charge in [0.15, 0.2) is 15.3 Å². The lowest BCUT2D eigenvalue weighted by Gasteiger charge is -2.07. The Bertz CT molecular complexity index is 260. The molecule has 0 amide bonds. The van der Waals surface area contributed by atoms with Crippen molar-refractivity contribution >= 4 is 17.4 Å². The van der Waals surface area contributed by atoms with Gasteiger partial charge < -0.3 is 9.79 Å². The highest BCUT2D eigenvalue weighted by molar-refractivity contribution is 7.97. The Labute approximate surface area is 65.5 Å². The fourth-order valence-corrected chi connectivity index (χ4v) is 3.45. The van der Waals surface area contributed by atoms with Crippen LogP contribution >= 0.6 is 7.60 Å². The zero-order valence-electron chi connectivity index (χ0n) is 6.26. The molecule has 0 unspecified atom stereocenters. The van der Waals surface area contributed by atoms with E-state index in [2.05, 4.69) is 0 Å². The highest BCUT2D eigenvalue weighted by Crippen LogP contribution is 2.36. The standard InChI is InChI=1S/C4H11O5PS/c1-4(2)11(8,9)3-10(5,6)7/h4H,3H2,1-2H3,(H2,5,6,7). The second-order valence-corrected chi connectivity index (χ2v) is 7.14. The van der Waals surface area contributed by atoms with Gasteiger partial charge in [0.25, 0.3) is 0 Å². The van der Waals surface area contributed by atoms with E-state index in [0.29, 0.717) is 0 Å². The molecule has 0 aliphatic rings. The van der Waals surface area contributed by atoms with E-state index >= 15 is 0 Å². The Morgan fingerprint density at radius 3 is 1.82 bits per heavy atom. The largest absolute Gasteiger partial charge is 0.340 e. The monoisotopic (exact) mass is 202 g/mol. The molecule has 2 N–H and O–H groups in total. The Morgan fingerprint density at radius 2 is 1.73 bits per heavy atom. The van der Waals surface area contributed by atoms with Crippen LogP contribution in [-0.4, -0.2) is 28.9 Å². The Balaban J connectivity index is 4.54. The van der Waals surface area contributed by atoms with E-state index in [1.165, 1.54) is 13.8 Å². The third kappa shape index (κ3) is 4.53. The van der Waals surface area contributed by atoms with E-state index in [1.54, 1.807) is 0 Å². The average Bonchev–Trinajstić information content (AvgIpc) is 1.56. The fraction of sp³-hybridized carbons (Fsp3) is 1.00. The van der Waals surface area contributed by atoms with Gasteiger partial charge in [0.2, 0.25) is 0 Å². The van der Waals surface area contributed by atoms with Crippen LogP contribution in [0.1, 0.15) is 13.8 Å². The highest BCUT2D eigenvalue weighted by atomic mass is 32.2. The first-order valence-electron chi connectivity index (χ1n) is 2.91. The lowest BCUT2D eigenvalue weighted by atomic mass is 10.6. The maximum absolute atomic E-state index is 10.9. The third-order valence-corrected chi connectivity index (χ3v) is 5.29. The molecule has 0 bridgehead atoms. The van der Waals surface area contributed by atoms with Crippen molar-refractivity contribution in [2.24, 2.45) is 0 Å². The van der Waals surface area contributed by atoms with Crippen molar-refractivity contribution in [1.82, 2.24) is 0 Å². The Morgan fingerprint density at radius 1 is 1.36 bits per heavy atom. The summed E-state index contributed by atoms with van der Waals surface area (Å²) in [4.78, 5) is 16.7. The van der Waals surface area contributed by atoms with Crippen molar-refractivity contribution in [3.8, 4) is 0 Å². The van der Waals surface area contributed by atoms with Crippen LogP contribution in [0.3, 0.4) is 0 Å². The highest BCUT2D eigenvalue weighted by Gasteiger charge is 2.27. The molecule has 68 valence electrons. The van der Waals surface area contributed by atoms with Crippen molar-refractivity contribution in [3.63, 3.8) is 0 Å². The zero-order valence-corrected chi connectivity index (χ0v) is 7.97. The van der Waals surface area contributed by atoms with Gasteiger partial charge >= 0.3 is 7.60 Å². The van der Waals surface area contributed by atoms with Gasteiger partial charge in [-0.1, -0.05) is 0 Å². The smallest absolute Gasteiger partial charge is 0.324 e. The SMILES string of the molecule is CC(C)S(=O)(=O)CP(=O)(O)O. The van der Waals surface area contributed by atoms with Crippen LogP contribution in [0.25, 0.3) is 0 Å². The van der Waals surface area contributed by atoms with Crippen molar-refractivity contribution in [1.29, 1.82) is 0 Å². The van der Waals surface area contributed by atoms with E-state index < -0.39 is 28.2 Å². The van der Waals surface area contributed by atoms with Crippen LogP contribution in [0.4, 0.5) is 0 Å². The third-order valence-electron chi connectivity index (χ3n) is 1.07. The van der Waals surface area contributed by atoms with Gasteiger partial charge in [-0.15, -0.1) is 0 Å². The molecule has 0 atom stereocenters. The van der Waals surface area contributed by atoms with Gasteiger partial charge in [-0.3, -0.25) is 4.57 Å². The van der Waals surface area contributed by atoms with Gasteiger partial charge in [-0.05, 0) is 13.8 Å². The maximum Gasteiger partial charge on any atom is 0.340 e. The minimum atomic E-state index is -4.43. The van der Waals surface area contributed by atoms with Crippen LogP contribution in [0.2, 0.25) is 0 Å². The second kappa shape index (κ2) is 3.23. The molecule has 0 aromatic carbocycles. The molecule has 0 aromatic rings. The van der Waals surface area contributed by atoms with E-state index in [0.717, 1.165) is 0 Å². The Kier molecular flexibility index (Phi) is 3.26. The lowest BCUT2D eigenvalue weighted by Crippen LogP contribution is -2.17. The fourth-order valence-electron chi connectivity index (χ4n) is 0.383. The molecule has 0 aliphatic carbocycles. The predicted molar refractivity (Wildman–Crippen MR) is 41.0 cm³/mol. The quantitative estimate of drug-likeness (QED) is 0.626. The summed E-state index contributed by atoms with van der Waals surface area (Å²) in [6, 6.07) is 0. The molecule has 0 saturated carbocycles. The van der Waals surface area contributed by atoms with Gasteiger partial charge in [0.05, 0.1) is 5.25 Å². The average molecular weight is 202 g/mol. The summed E-state index contributed by atoms with van der Waals surface area (Å²) in [7, 11) is -8.05. The second-order valence-electron chi connectivity index (χ2n) is 2.51. The first kappa shape index (κ1) is 11.1. The number of hydrogen-bond acceptors (Lipinski definition) is 3. The molecule has 0 aliphatic heterocycles. The van der Waals surface area contributed by atoms with Crippen LogP contribution in [0.5, 0.6) is 0 Å². The van der Waals surface area contributed by atoms with Crippen LogP contribution in [-0.2, 0) is 14.4 Å². The number of sulfone groups is 1. The van der Waals surface area contributed by atoms with Crippen molar-refractivity contribution < 1.29 is 22.8 Å². The summed E-state index contributed by atoms with van der Waals surface area (Å²) in [5.41, 5.74) is -1.06. The molecule has 5 nitrogen and oxygen atoms in total. The number of hydrogen-bond donors (Lipinski definition) is 2. The van der Waals surface area contributed by atoms with Crippen LogP contribution in [0.15, 0.2) is 0 Å². The van der Waals surface area contributed by atoms with Crippen LogP contribution in [0, 0.1) is 0 Å². The van der Waals surface area contributed by atoms with E-state index in [4.69, 9.17) is 9.79 Å². The van der Waals surface area contributed by atoms with Gasteiger partial charge in [-0.2, -0.15) is 0 Å². The minimum absolute atomic E-state index is 0.741. The molecule has 0 saturated heterocycles. The molecular weight excluding hydrogens is 191 g/mol. The van der Waals surface area contributed by atoms with Gasteiger partial charge in [0, 0.05) is 0 Å². The molecule has 0 rings (SSSR count). The first-order valence-corrected chi connectivity index (χ1v) is 6.42. The summed E-state index contributed by atoms with van der Waals surface area (Å²) in [6.07, 6.45) is 0. The summed E-state index contributed by atoms with van der Waals surface area (Å²) < 4.78 is 32.0. The van der Waals surface area contributed by atoms with Gasteiger partial charge in [-0.25, -0.2) is 8.42 Å². The first-order chi connectivity index (χ1) is 4.65. The molecule has 7 heteroatoms. The zero-order chi connectivity index (χ0) is 9.28. The van der Waals surface area contributed by atoms with Crippen molar-refractivity contribution in [2.75, 3.05) is 5.49 Å². The maximum atomic E-state index is 10.9. The molecule has 0 spiro atoms. The molecule has 0 aromatic heterocycles. The number of rotatable bonds is 3. The minimum Gasteiger partial charge on any atom is -0.324 e. The molecule has 11 heavy (non-hydrogen) atoms. The van der Waals surface area contributed by atoms with Crippen molar-refractivity contribution in [2.45, 2.75) is 19.1 Å². The van der Waals surface area contributed by atoms with E-state index in [1.807, 2.05) is 0 Å². The summed E-state index contributed by atoms with van der Waals surface area (Å²) >= 11 is 0. The molecule has 0 heterocycles. The van der Waals surface area contributed by atoms with Crippen LogP contribution < -0.4 is 0 Å². The predicted octanol–water partition coefficient (Wildman–Crippen LogP) is -0.0552. The molecule has 0 fully saturated rings. The molecule has 0 radical (unpaired) electrons. The lowest BCUT2D eigenvalue weighted by molar-refractivity contribution is 0.378.